The van der Waals surface area contributed by atoms with E-state index in [9.17, 15) is 0 Å². The van der Waals surface area contributed by atoms with Crippen LogP contribution in [0.2, 0.25) is 0 Å². The van der Waals surface area contributed by atoms with Crippen LogP contribution in [0, 0.1) is 6.92 Å². The maximum atomic E-state index is 2.40. The molecule has 0 nitrogen and oxygen atoms in total. The van der Waals surface area contributed by atoms with Crippen LogP contribution >= 0.6 is 11.3 Å². The summed E-state index contributed by atoms with van der Waals surface area (Å²) in [5, 5.41) is 0. The van der Waals surface area contributed by atoms with E-state index in [2.05, 4.69) is 26.8 Å². The Balaban J connectivity index is 2.30. The summed E-state index contributed by atoms with van der Waals surface area (Å²) in [7, 11) is 0. The molecule has 0 bridgehead atoms. The van der Waals surface area contributed by atoms with Crippen LogP contribution in [0.5, 0.6) is 0 Å². The maximum absolute atomic E-state index is 2.40. The third-order valence-corrected chi connectivity index (χ3v) is 4.18. The smallest absolute Gasteiger partial charge is 0.0103 e. The van der Waals surface area contributed by atoms with Crippen molar-refractivity contribution in [3.63, 3.8) is 0 Å². The molecule has 0 spiro atoms. The summed E-state index contributed by atoms with van der Waals surface area (Å²) in [6, 6.07) is 2.40. The molecule has 1 saturated carbocycles. The Kier molecular flexibility index (Phi) is 1.99. The summed E-state index contributed by atoms with van der Waals surface area (Å²) >= 11 is 2.04. The van der Waals surface area contributed by atoms with Crippen molar-refractivity contribution in [1.82, 2.24) is 0 Å². The second-order valence-electron chi connectivity index (χ2n) is 4.13. The molecule has 1 heteroatoms. The van der Waals surface area contributed by atoms with Gasteiger partial charge >= 0.3 is 0 Å². The molecule has 1 aliphatic rings. The van der Waals surface area contributed by atoms with Gasteiger partial charge in [-0.3, -0.25) is 0 Å². The molecule has 0 aromatic carbocycles. The average molecular weight is 180 g/mol. The van der Waals surface area contributed by atoms with E-state index in [-0.39, 0.29) is 0 Å². The quantitative estimate of drug-likeness (QED) is 0.644. The molecule has 0 aliphatic heterocycles. The zero-order valence-electron chi connectivity index (χ0n) is 8.05. The SMILES string of the molecule is Cc1cc(C2CC2)sc1C(C)C. The summed E-state index contributed by atoms with van der Waals surface area (Å²) in [6.07, 6.45) is 2.86. The topological polar surface area (TPSA) is 0 Å². The number of rotatable bonds is 2. The highest BCUT2D eigenvalue weighted by atomic mass is 32.1. The highest BCUT2D eigenvalue weighted by Crippen LogP contribution is 2.45. The Labute approximate surface area is 78.6 Å². The summed E-state index contributed by atoms with van der Waals surface area (Å²) in [5.41, 5.74) is 1.51. The van der Waals surface area contributed by atoms with E-state index in [0.717, 1.165) is 5.92 Å². The Bertz CT molecular complexity index is 279. The summed E-state index contributed by atoms with van der Waals surface area (Å²) < 4.78 is 0. The molecular formula is C11H16S. The Hall–Kier alpha value is -0.300. The molecule has 66 valence electrons. The van der Waals surface area contributed by atoms with Crippen LogP contribution in [0.4, 0.5) is 0 Å². The van der Waals surface area contributed by atoms with E-state index in [1.165, 1.54) is 18.4 Å². The summed E-state index contributed by atoms with van der Waals surface area (Å²) in [6.45, 7) is 6.82. The zero-order chi connectivity index (χ0) is 8.72. The average Bonchev–Trinajstić information content (AvgIpc) is 2.75. The van der Waals surface area contributed by atoms with Gasteiger partial charge in [-0.05, 0) is 43.2 Å². The van der Waals surface area contributed by atoms with Crippen molar-refractivity contribution in [3.8, 4) is 0 Å². The van der Waals surface area contributed by atoms with E-state index < -0.39 is 0 Å². The molecular weight excluding hydrogens is 164 g/mol. The van der Waals surface area contributed by atoms with Gasteiger partial charge in [0, 0.05) is 9.75 Å². The molecule has 0 atom stereocenters. The molecule has 0 radical (unpaired) electrons. The van der Waals surface area contributed by atoms with E-state index in [1.54, 1.807) is 9.75 Å². The van der Waals surface area contributed by atoms with Crippen molar-refractivity contribution in [2.45, 2.75) is 45.4 Å². The van der Waals surface area contributed by atoms with Crippen LogP contribution in [-0.2, 0) is 0 Å². The van der Waals surface area contributed by atoms with Crippen molar-refractivity contribution in [3.05, 3.63) is 21.4 Å². The van der Waals surface area contributed by atoms with Crippen LogP contribution in [0.3, 0.4) is 0 Å². The number of hydrogen-bond acceptors (Lipinski definition) is 1. The Morgan fingerprint density at radius 3 is 2.50 bits per heavy atom. The van der Waals surface area contributed by atoms with E-state index in [0.29, 0.717) is 5.92 Å². The van der Waals surface area contributed by atoms with Crippen LogP contribution in [0.1, 0.15) is 53.8 Å². The molecule has 1 aliphatic carbocycles. The lowest BCUT2D eigenvalue weighted by molar-refractivity contribution is 0.881. The zero-order valence-corrected chi connectivity index (χ0v) is 8.87. The molecule has 1 heterocycles. The van der Waals surface area contributed by atoms with Crippen molar-refractivity contribution in [2.75, 3.05) is 0 Å². The van der Waals surface area contributed by atoms with Gasteiger partial charge < -0.3 is 0 Å². The van der Waals surface area contributed by atoms with E-state index in [1.807, 2.05) is 11.3 Å². The number of thiophene rings is 1. The van der Waals surface area contributed by atoms with Crippen LogP contribution in [0.25, 0.3) is 0 Å². The molecule has 2 rings (SSSR count). The Morgan fingerprint density at radius 1 is 1.42 bits per heavy atom. The predicted molar refractivity (Wildman–Crippen MR) is 55.1 cm³/mol. The first-order valence-electron chi connectivity index (χ1n) is 4.78. The van der Waals surface area contributed by atoms with Crippen molar-refractivity contribution in [1.29, 1.82) is 0 Å². The van der Waals surface area contributed by atoms with Crippen LogP contribution in [-0.4, -0.2) is 0 Å². The fourth-order valence-electron chi connectivity index (χ4n) is 1.66. The largest absolute Gasteiger partial charge is 0.145 e. The van der Waals surface area contributed by atoms with Crippen molar-refractivity contribution in [2.24, 2.45) is 0 Å². The van der Waals surface area contributed by atoms with Gasteiger partial charge in [-0.25, -0.2) is 0 Å². The number of hydrogen-bond donors (Lipinski definition) is 0. The van der Waals surface area contributed by atoms with Gasteiger partial charge in [0.25, 0.3) is 0 Å². The first kappa shape index (κ1) is 8.31. The molecule has 0 saturated heterocycles. The van der Waals surface area contributed by atoms with E-state index >= 15 is 0 Å². The third kappa shape index (κ3) is 1.42. The molecule has 0 N–H and O–H groups in total. The molecule has 0 unspecified atom stereocenters. The minimum absolute atomic E-state index is 0.711. The molecule has 12 heavy (non-hydrogen) atoms. The second kappa shape index (κ2) is 2.88. The minimum Gasteiger partial charge on any atom is -0.145 e. The lowest BCUT2D eigenvalue weighted by Crippen LogP contribution is -1.82. The highest BCUT2D eigenvalue weighted by molar-refractivity contribution is 7.12. The van der Waals surface area contributed by atoms with Crippen molar-refractivity contribution >= 4 is 11.3 Å². The van der Waals surface area contributed by atoms with Crippen molar-refractivity contribution < 1.29 is 0 Å². The molecule has 0 amide bonds. The van der Waals surface area contributed by atoms with Gasteiger partial charge in [0.05, 0.1) is 0 Å². The second-order valence-corrected chi connectivity index (χ2v) is 5.24. The standard InChI is InChI=1S/C11H16S/c1-7(2)11-8(3)6-10(12-11)9-4-5-9/h6-7,9H,4-5H2,1-3H3. The Morgan fingerprint density at radius 2 is 2.08 bits per heavy atom. The monoisotopic (exact) mass is 180 g/mol. The van der Waals surface area contributed by atoms with Gasteiger partial charge in [0.1, 0.15) is 0 Å². The van der Waals surface area contributed by atoms with Gasteiger partial charge in [0.15, 0.2) is 0 Å². The summed E-state index contributed by atoms with van der Waals surface area (Å²) in [4.78, 5) is 3.23. The molecule has 1 aromatic rings. The normalized spacial score (nSPS) is 17.3. The summed E-state index contributed by atoms with van der Waals surface area (Å²) in [5.74, 6) is 1.64. The maximum Gasteiger partial charge on any atom is 0.0103 e. The van der Waals surface area contributed by atoms with Gasteiger partial charge in [-0.1, -0.05) is 13.8 Å². The van der Waals surface area contributed by atoms with Gasteiger partial charge in [-0.2, -0.15) is 0 Å². The lowest BCUT2D eigenvalue weighted by atomic mass is 10.1. The third-order valence-electron chi connectivity index (χ3n) is 2.48. The highest BCUT2D eigenvalue weighted by Gasteiger charge is 2.26. The fraction of sp³-hybridized carbons (Fsp3) is 0.636. The van der Waals surface area contributed by atoms with Gasteiger partial charge in [-0.15, -0.1) is 11.3 Å². The van der Waals surface area contributed by atoms with Crippen LogP contribution < -0.4 is 0 Å². The predicted octanol–water partition coefficient (Wildman–Crippen LogP) is 4.06. The molecule has 1 fully saturated rings. The van der Waals surface area contributed by atoms with E-state index in [4.69, 9.17) is 0 Å². The first-order chi connectivity index (χ1) is 5.68. The lowest BCUT2D eigenvalue weighted by Gasteiger charge is -2.00. The van der Waals surface area contributed by atoms with Gasteiger partial charge in [0.2, 0.25) is 0 Å². The minimum atomic E-state index is 0.711. The number of aryl methyl sites for hydroxylation is 1. The molecule has 1 aromatic heterocycles. The fourth-order valence-corrected chi connectivity index (χ4v) is 3.01. The van der Waals surface area contributed by atoms with Crippen LogP contribution in [0.15, 0.2) is 6.07 Å². The first-order valence-corrected chi connectivity index (χ1v) is 5.60.